The van der Waals surface area contributed by atoms with Crippen molar-refractivity contribution in [3.05, 3.63) is 0 Å². The van der Waals surface area contributed by atoms with Gasteiger partial charge in [-0.05, 0) is 6.42 Å². The molecule has 2 amide bonds. The molecule has 0 aliphatic heterocycles. The molecular weight excluding hydrogens is 238 g/mol. The molecule has 0 aliphatic rings. The first-order valence-electron chi connectivity index (χ1n) is 6.33. The van der Waals surface area contributed by atoms with E-state index in [1.54, 1.807) is 0 Å². The molecule has 0 rings (SSSR count). The summed E-state index contributed by atoms with van der Waals surface area (Å²) < 4.78 is 0. The number of hydrogen-bond donors (Lipinski definition) is 2. The van der Waals surface area contributed by atoms with Gasteiger partial charge < -0.3 is 5.11 Å². The van der Waals surface area contributed by atoms with Gasteiger partial charge >= 0.3 is 6.09 Å². The smallest absolute Gasteiger partial charge is 0.412 e. The first kappa shape index (κ1) is 16.3. The molecule has 0 radical (unpaired) electrons. The van der Waals surface area contributed by atoms with Crippen LogP contribution in [-0.4, -0.2) is 22.2 Å². The Kier molecular flexibility index (Phi) is 11.3. The number of carbonyl (C=O) groups is 2. The fraction of sp³-hybridized carbons (Fsp3) is 0.833. The van der Waals surface area contributed by atoms with Gasteiger partial charge in [0, 0.05) is 5.75 Å². The van der Waals surface area contributed by atoms with Crippen LogP contribution >= 0.6 is 11.8 Å². The summed E-state index contributed by atoms with van der Waals surface area (Å²) in [5, 5.41) is 9.62. The molecule has 0 aliphatic carbocycles. The van der Waals surface area contributed by atoms with Crippen LogP contribution in [0.1, 0.15) is 58.3 Å². The second-order valence-corrected chi connectivity index (χ2v) is 5.11. The molecule has 0 bridgehead atoms. The molecule has 0 aromatic carbocycles. The lowest BCUT2D eigenvalue weighted by Gasteiger charge is -2.01. The Morgan fingerprint density at radius 3 is 2.06 bits per heavy atom. The number of rotatable bonds is 9. The van der Waals surface area contributed by atoms with Crippen LogP contribution in [0.25, 0.3) is 0 Å². The van der Waals surface area contributed by atoms with E-state index in [2.05, 4.69) is 6.92 Å². The van der Waals surface area contributed by atoms with E-state index in [4.69, 9.17) is 5.11 Å². The van der Waals surface area contributed by atoms with Gasteiger partial charge in [0.2, 0.25) is 0 Å². The van der Waals surface area contributed by atoms with E-state index < -0.39 is 11.3 Å². The summed E-state index contributed by atoms with van der Waals surface area (Å²) in [5.41, 5.74) is 0. The maximum Gasteiger partial charge on any atom is 0.412 e. The summed E-state index contributed by atoms with van der Waals surface area (Å²) in [6.07, 6.45) is 8.54. The SMILES string of the molecule is CCCCCCCCCCSC(=O)NC(=O)O. The lowest BCUT2D eigenvalue weighted by molar-refractivity contribution is 0.195. The topological polar surface area (TPSA) is 66.4 Å². The highest BCUT2D eigenvalue weighted by Gasteiger charge is 2.04. The number of unbranched alkanes of at least 4 members (excludes halogenated alkanes) is 7. The van der Waals surface area contributed by atoms with Gasteiger partial charge in [0.1, 0.15) is 0 Å². The number of thioether (sulfide) groups is 1. The Balaban J connectivity index is 3.13. The fourth-order valence-electron chi connectivity index (χ4n) is 1.52. The Morgan fingerprint density at radius 2 is 1.53 bits per heavy atom. The summed E-state index contributed by atoms with van der Waals surface area (Å²) in [5.74, 6) is 0.702. The van der Waals surface area contributed by atoms with E-state index in [0.717, 1.165) is 24.6 Å². The second kappa shape index (κ2) is 11.8. The maximum atomic E-state index is 10.9. The predicted molar refractivity (Wildman–Crippen MR) is 71.6 cm³/mol. The fourth-order valence-corrected chi connectivity index (χ4v) is 2.22. The zero-order valence-electron chi connectivity index (χ0n) is 10.5. The van der Waals surface area contributed by atoms with Gasteiger partial charge in [0.25, 0.3) is 5.24 Å². The molecule has 5 heteroatoms. The van der Waals surface area contributed by atoms with Crippen LogP contribution in [0.2, 0.25) is 0 Å². The number of imide groups is 1. The number of carbonyl (C=O) groups excluding carboxylic acids is 1. The molecule has 0 aromatic rings. The average Bonchev–Trinajstić information content (AvgIpc) is 2.26. The zero-order chi connectivity index (χ0) is 12.9. The molecule has 0 heterocycles. The quantitative estimate of drug-likeness (QED) is 0.609. The normalized spacial score (nSPS) is 10.2. The highest BCUT2D eigenvalue weighted by molar-refractivity contribution is 8.13. The van der Waals surface area contributed by atoms with E-state index in [1.165, 1.54) is 38.5 Å². The Morgan fingerprint density at radius 1 is 1.00 bits per heavy atom. The predicted octanol–water partition coefficient (Wildman–Crippen LogP) is 4.25. The third-order valence-electron chi connectivity index (χ3n) is 2.44. The van der Waals surface area contributed by atoms with Crippen LogP contribution in [-0.2, 0) is 0 Å². The van der Waals surface area contributed by atoms with Gasteiger partial charge in [-0.15, -0.1) is 0 Å². The van der Waals surface area contributed by atoms with E-state index in [0.29, 0.717) is 5.75 Å². The molecule has 0 fully saturated rings. The molecule has 100 valence electrons. The first-order valence-corrected chi connectivity index (χ1v) is 7.32. The van der Waals surface area contributed by atoms with E-state index >= 15 is 0 Å². The Bertz CT molecular complexity index is 222. The van der Waals surface area contributed by atoms with E-state index in [-0.39, 0.29) is 0 Å². The summed E-state index contributed by atoms with van der Waals surface area (Å²) in [7, 11) is 0. The van der Waals surface area contributed by atoms with Crippen LogP contribution < -0.4 is 5.32 Å². The highest BCUT2D eigenvalue weighted by atomic mass is 32.2. The molecule has 0 unspecified atom stereocenters. The molecule has 17 heavy (non-hydrogen) atoms. The molecule has 0 atom stereocenters. The van der Waals surface area contributed by atoms with Crippen LogP contribution in [0, 0.1) is 0 Å². The van der Waals surface area contributed by atoms with Gasteiger partial charge in [-0.1, -0.05) is 63.6 Å². The first-order chi connectivity index (χ1) is 8.16. The van der Waals surface area contributed by atoms with Crippen molar-refractivity contribution in [1.29, 1.82) is 0 Å². The van der Waals surface area contributed by atoms with Crippen molar-refractivity contribution in [1.82, 2.24) is 5.32 Å². The summed E-state index contributed by atoms with van der Waals surface area (Å²) in [6.45, 7) is 2.21. The minimum absolute atomic E-state index is 0.472. The maximum absolute atomic E-state index is 10.9. The number of hydrogen-bond acceptors (Lipinski definition) is 3. The lowest BCUT2D eigenvalue weighted by atomic mass is 10.1. The van der Waals surface area contributed by atoms with Gasteiger partial charge in [-0.3, -0.25) is 10.1 Å². The summed E-state index contributed by atoms with van der Waals surface area (Å²) in [4.78, 5) is 21.1. The van der Waals surface area contributed by atoms with Crippen molar-refractivity contribution >= 4 is 23.1 Å². The van der Waals surface area contributed by atoms with Gasteiger partial charge in [0.05, 0.1) is 0 Å². The lowest BCUT2D eigenvalue weighted by Crippen LogP contribution is -2.24. The van der Waals surface area contributed by atoms with E-state index in [9.17, 15) is 9.59 Å². The summed E-state index contributed by atoms with van der Waals surface area (Å²) >= 11 is 1.05. The van der Waals surface area contributed by atoms with Crippen molar-refractivity contribution in [3.63, 3.8) is 0 Å². The van der Waals surface area contributed by atoms with Crippen molar-refractivity contribution in [2.75, 3.05) is 5.75 Å². The highest BCUT2D eigenvalue weighted by Crippen LogP contribution is 2.11. The minimum atomic E-state index is -1.28. The van der Waals surface area contributed by atoms with Crippen molar-refractivity contribution < 1.29 is 14.7 Å². The summed E-state index contributed by atoms with van der Waals surface area (Å²) in [6, 6.07) is 0. The van der Waals surface area contributed by atoms with Crippen molar-refractivity contribution in [3.8, 4) is 0 Å². The van der Waals surface area contributed by atoms with Crippen LogP contribution in [0.15, 0.2) is 0 Å². The largest absolute Gasteiger partial charge is 0.465 e. The zero-order valence-corrected chi connectivity index (χ0v) is 11.4. The molecular formula is C12H23NO3S. The number of nitrogens with one attached hydrogen (secondary N) is 1. The van der Waals surface area contributed by atoms with Crippen molar-refractivity contribution in [2.45, 2.75) is 58.3 Å². The second-order valence-electron chi connectivity index (χ2n) is 4.04. The van der Waals surface area contributed by atoms with Crippen LogP contribution in [0.5, 0.6) is 0 Å². The van der Waals surface area contributed by atoms with E-state index in [1.807, 2.05) is 5.32 Å². The number of carboxylic acid groups (broad SMARTS) is 1. The van der Waals surface area contributed by atoms with Crippen molar-refractivity contribution in [2.24, 2.45) is 0 Å². The Hall–Kier alpha value is -0.710. The monoisotopic (exact) mass is 261 g/mol. The molecule has 0 spiro atoms. The van der Waals surface area contributed by atoms with Crippen LogP contribution in [0.3, 0.4) is 0 Å². The Labute approximate surface area is 108 Å². The minimum Gasteiger partial charge on any atom is -0.465 e. The third-order valence-corrected chi connectivity index (χ3v) is 3.30. The average molecular weight is 261 g/mol. The molecule has 0 saturated heterocycles. The van der Waals surface area contributed by atoms with Gasteiger partial charge in [-0.2, -0.15) is 0 Å². The molecule has 0 aromatic heterocycles. The molecule has 0 saturated carbocycles. The third kappa shape index (κ3) is 13.2. The standard InChI is InChI=1S/C12H23NO3S/c1-2-3-4-5-6-7-8-9-10-17-12(16)13-11(14)15/h2-10H2,1H3,(H,13,16)(H,14,15). The van der Waals surface area contributed by atoms with Crippen LogP contribution in [0.4, 0.5) is 9.59 Å². The van der Waals surface area contributed by atoms with Gasteiger partial charge in [0.15, 0.2) is 0 Å². The van der Waals surface area contributed by atoms with Gasteiger partial charge in [-0.25, -0.2) is 4.79 Å². The number of amides is 2. The molecule has 4 nitrogen and oxygen atoms in total. The molecule has 2 N–H and O–H groups in total.